The average Bonchev–Trinajstić information content (AvgIpc) is 2.34. The van der Waals surface area contributed by atoms with E-state index in [2.05, 4.69) is 17.1 Å². The Morgan fingerprint density at radius 1 is 1.48 bits per heavy atom. The molecular weight excluding hydrogens is 271 g/mol. The van der Waals surface area contributed by atoms with E-state index in [1.165, 1.54) is 0 Å². The maximum atomic E-state index is 14.7. The highest BCUT2D eigenvalue weighted by atomic mass is 19.1. The molecular formula is C16H29FN2O2. The van der Waals surface area contributed by atoms with E-state index >= 15 is 0 Å². The second-order valence-electron chi connectivity index (χ2n) is 7.71. The van der Waals surface area contributed by atoms with Gasteiger partial charge >= 0.3 is 5.97 Å². The van der Waals surface area contributed by atoms with E-state index in [1.54, 1.807) is 0 Å². The Morgan fingerprint density at radius 3 is 2.71 bits per heavy atom. The Kier molecular flexibility index (Phi) is 4.64. The van der Waals surface area contributed by atoms with Crippen molar-refractivity contribution in [1.82, 2.24) is 10.2 Å². The minimum absolute atomic E-state index is 0.115. The number of hydrogen-bond acceptors (Lipinski definition) is 4. The fraction of sp³-hybridized carbons (Fsp3) is 0.938. The van der Waals surface area contributed by atoms with Gasteiger partial charge in [-0.15, -0.1) is 0 Å². The summed E-state index contributed by atoms with van der Waals surface area (Å²) in [5.41, 5.74) is -0.610. The number of alkyl halides is 1. The fourth-order valence-electron chi connectivity index (χ4n) is 3.88. The van der Waals surface area contributed by atoms with Crippen LogP contribution in [-0.2, 0) is 9.53 Å². The van der Waals surface area contributed by atoms with Crippen molar-refractivity contribution >= 4 is 5.97 Å². The lowest BCUT2D eigenvalue weighted by Crippen LogP contribution is -2.68. The first-order chi connectivity index (χ1) is 9.66. The summed E-state index contributed by atoms with van der Waals surface area (Å²) in [7, 11) is 1.82. The van der Waals surface area contributed by atoms with E-state index in [0.717, 1.165) is 25.7 Å². The summed E-state index contributed by atoms with van der Waals surface area (Å²) < 4.78 is 20.1. The molecule has 2 fully saturated rings. The number of carbonyl (C=O) groups is 1. The van der Waals surface area contributed by atoms with Gasteiger partial charge in [0.2, 0.25) is 0 Å². The number of esters is 1. The van der Waals surface area contributed by atoms with Crippen molar-refractivity contribution in [2.24, 2.45) is 0 Å². The zero-order chi connectivity index (χ0) is 15.8. The van der Waals surface area contributed by atoms with Gasteiger partial charge in [0.1, 0.15) is 11.8 Å². The summed E-state index contributed by atoms with van der Waals surface area (Å²) in [5.74, 6) is -0.254. The van der Waals surface area contributed by atoms with Crippen molar-refractivity contribution in [3.8, 4) is 0 Å². The molecule has 2 bridgehead atoms. The molecule has 2 heterocycles. The third-order valence-corrected chi connectivity index (χ3v) is 4.81. The van der Waals surface area contributed by atoms with Crippen LogP contribution in [0.25, 0.3) is 0 Å². The minimum atomic E-state index is -0.925. The van der Waals surface area contributed by atoms with Crippen LogP contribution in [0.1, 0.15) is 53.4 Å². The topological polar surface area (TPSA) is 41.6 Å². The summed E-state index contributed by atoms with van der Waals surface area (Å²) >= 11 is 0. The maximum Gasteiger partial charge on any atom is 0.320 e. The van der Waals surface area contributed by atoms with Gasteiger partial charge in [-0.1, -0.05) is 0 Å². The van der Waals surface area contributed by atoms with E-state index in [-0.39, 0.29) is 30.1 Å². The number of ether oxygens (including phenoxy) is 1. The van der Waals surface area contributed by atoms with Crippen LogP contribution >= 0.6 is 0 Å². The van der Waals surface area contributed by atoms with E-state index < -0.39 is 11.8 Å². The zero-order valence-electron chi connectivity index (χ0n) is 13.9. The predicted molar refractivity (Wildman–Crippen MR) is 81.0 cm³/mol. The Hall–Kier alpha value is -0.680. The highest BCUT2D eigenvalue weighted by Gasteiger charge is 2.51. The summed E-state index contributed by atoms with van der Waals surface area (Å²) in [5, 5.41) is 3.10. The summed E-state index contributed by atoms with van der Waals surface area (Å²) in [6.45, 7) is 7.92. The van der Waals surface area contributed by atoms with Crippen LogP contribution in [-0.4, -0.2) is 53.9 Å². The molecule has 2 saturated heterocycles. The fourth-order valence-corrected chi connectivity index (χ4v) is 3.88. The molecule has 21 heavy (non-hydrogen) atoms. The van der Waals surface area contributed by atoms with E-state index in [9.17, 15) is 9.18 Å². The van der Waals surface area contributed by atoms with Crippen LogP contribution in [0.2, 0.25) is 0 Å². The molecule has 2 aliphatic rings. The molecule has 1 N–H and O–H groups in total. The summed E-state index contributed by atoms with van der Waals surface area (Å²) in [4.78, 5) is 14.2. The number of nitrogens with one attached hydrogen (secondary N) is 1. The van der Waals surface area contributed by atoms with Crippen molar-refractivity contribution in [3.05, 3.63) is 0 Å². The molecule has 0 aromatic rings. The standard InChI is InChI=1S/C16H29FN2O2/c1-15(2,3)21-13(20)10-19-12-7-6-8-16(19,4)9-11(18-5)14(12)17/h11-12,14,18H,6-10H2,1-5H3/t11-,12?,14-,16-/m0/s1. The van der Waals surface area contributed by atoms with Crippen molar-refractivity contribution in [2.75, 3.05) is 13.6 Å². The highest BCUT2D eigenvalue weighted by molar-refractivity contribution is 5.72. The normalized spacial score (nSPS) is 37.3. The van der Waals surface area contributed by atoms with Gasteiger partial charge in [-0.2, -0.15) is 0 Å². The molecule has 0 saturated carbocycles. The number of nitrogens with zero attached hydrogens (tertiary/aromatic N) is 1. The predicted octanol–water partition coefficient (Wildman–Crippen LogP) is 2.27. The zero-order valence-corrected chi connectivity index (χ0v) is 13.9. The van der Waals surface area contributed by atoms with Crippen LogP contribution in [0.4, 0.5) is 4.39 Å². The van der Waals surface area contributed by atoms with Crippen molar-refractivity contribution in [2.45, 2.75) is 82.8 Å². The Balaban J connectivity index is 2.13. The van der Waals surface area contributed by atoms with Gasteiger partial charge in [0.05, 0.1) is 6.54 Å². The Bertz CT molecular complexity index is 396. The van der Waals surface area contributed by atoms with E-state index in [4.69, 9.17) is 4.74 Å². The second kappa shape index (κ2) is 5.84. The van der Waals surface area contributed by atoms with Gasteiger partial charge < -0.3 is 10.1 Å². The van der Waals surface area contributed by atoms with Crippen molar-refractivity contribution in [1.29, 1.82) is 0 Å². The number of fused-ring (bicyclic) bond motifs is 2. The molecule has 0 spiro atoms. The summed E-state index contributed by atoms with van der Waals surface area (Å²) in [6, 6.07) is -0.294. The molecule has 5 heteroatoms. The Labute approximate surface area is 127 Å². The average molecular weight is 300 g/mol. The molecule has 0 amide bonds. The first kappa shape index (κ1) is 16.7. The molecule has 0 aromatic heterocycles. The largest absolute Gasteiger partial charge is 0.459 e. The van der Waals surface area contributed by atoms with Gasteiger partial charge in [-0.25, -0.2) is 4.39 Å². The lowest BCUT2D eigenvalue weighted by atomic mass is 9.72. The third-order valence-electron chi connectivity index (χ3n) is 4.81. The maximum absolute atomic E-state index is 14.7. The van der Waals surface area contributed by atoms with Crippen molar-refractivity contribution in [3.63, 3.8) is 0 Å². The van der Waals surface area contributed by atoms with Crippen molar-refractivity contribution < 1.29 is 13.9 Å². The first-order valence-electron chi connectivity index (χ1n) is 7.96. The molecule has 4 nitrogen and oxygen atoms in total. The molecule has 4 atom stereocenters. The molecule has 122 valence electrons. The van der Waals surface area contributed by atoms with Crippen LogP contribution in [0, 0.1) is 0 Å². The number of carbonyl (C=O) groups excluding carboxylic acids is 1. The molecule has 0 radical (unpaired) electrons. The van der Waals surface area contributed by atoms with Crippen LogP contribution in [0.15, 0.2) is 0 Å². The van der Waals surface area contributed by atoms with Gasteiger partial charge in [0.15, 0.2) is 0 Å². The minimum Gasteiger partial charge on any atom is -0.459 e. The van der Waals surface area contributed by atoms with Gasteiger partial charge in [-0.3, -0.25) is 9.69 Å². The van der Waals surface area contributed by atoms with E-state index in [0.29, 0.717) is 0 Å². The highest BCUT2D eigenvalue weighted by Crippen LogP contribution is 2.42. The molecule has 0 aromatic carbocycles. The van der Waals surface area contributed by atoms with Crippen LogP contribution in [0.3, 0.4) is 0 Å². The lowest BCUT2D eigenvalue weighted by Gasteiger charge is -2.56. The first-order valence-corrected chi connectivity index (χ1v) is 7.96. The Morgan fingerprint density at radius 2 is 2.14 bits per heavy atom. The van der Waals surface area contributed by atoms with Gasteiger partial charge in [0, 0.05) is 17.6 Å². The van der Waals surface area contributed by atoms with Crippen LogP contribution in [0.5, 0.6) is 0 Å². The van der Waals surface area contributed by atoms with Gasteiger partial charge in [-0.05, 0) is 60.4 Å². The lowest BCUT2D eigenvalue weighted by molar-refractivity contribution is -0.164. The van der Waals surface area contributed by atoms with E-state index in [1.807, 2.05) is 27.8 Å². The van der Waals surface area contributed by atoms with Gasteiger partial charge in [0.25, 0.3) is 0 Å². The number of halogens is 1. The molecule has 1 unspecified atom stereocenters. The quantitative estimate of drug-likeness (QED) is 0.812. The number of rotatable bonds is 3. The smallest absolute Gasteiger partial charge is 0.320 e. The number of piperidine rings is 2. The second-order valence-corrected chi connectivity index (χ2v) is 7.71. The monoisotopic (exact) mass is 300 g/mol. The molecule has 0 aliphatic carbocycles. The molecule has 2 aliphatic heterocycles. The summed E-state index contributed by atoms with van der Waals surface area (Å²) in [6.07, 6.45) is 2.67. The number of hydrogen-bond donors (Lipinski definition) is 1. The van der Waals surface area contributed by atoms with Crippen LogP contribution < -0.4 is 5.32 Å². The SMILES string of the molecule is CN[C@H]1C[C@]2(C)CCCC([C@H]1F)N2CC(=O)OC(C)(C)C. The third kappa shape index (κ3) is 3.57. The molecule has 2 rings (SSSR count).